The number of benzene rings is 6. The van der Waals surface area contributed by atoms with Gasteiger partial charge in [0.05, 0.1) is 22.9 Å². The van der Waals surface area contributed by atoms with Crippen LogP contribution in [0, 0.1) is 24.3 Å². The number of rotatable bonds is 4. The van der Waals surface area contributed by atoms with Gasteiger partial charge in [-0.2, -0.15) is 24.3 Å². The van der Waals surface area contributed by atoms with Crippen LogP contribution >= 0.6 is 0 Å². The molecule has 0 aliphatic heterocycles. The van der Waals surface area contributed by atoms with E-state index in [4.69, 9.17) is 8.83 Å². The van der Waals surface area contributed by atoms with Gasteiger partial charge < -0.3 is 13.4 Å². The summed E-state index contributed by atoms with van der Waals surface area (Å²) in [4.78, 5) is 17.8. The van der Waals surface area contributed by atoms with E-state index in [1.807, 2.05) is 156 Å². The van der Waals surface area contributed by atoms with Crippen molar-refractivity contribution in [2.75, 3.05) is 0 Å². The molecule has 0 saturated carbocycles. The van der Waals surface area contributed by atoms with Crippen LogP contribution in [-0.2, 0) is 40.2 Å². The standard InChI is InChI=1S/C18H11N3.2C13H8NO.2Ir/c1-3-7-14(8-4-1)16-11-12-19-18-17(16)20-13-21(18)15-9-5-2-6-10-15;2*1-2-6-10(7-3-1)13-14-11-8-4-5-9-12(11)15-13;;/h1-7,9,11-13H;2*1-6,8-9H;;/q-2;2*-1;;. The van der Waals surface area contributed by atoms with Gasteiger partial charge in [0, 0.05) is 46.4 Å². The van der Waals surface area contributed by atoms with Crippen LogP contribution in [0.25, 0.3) is 73.1 Å². The Labute approximate surface area is 333 Å². The molecule has 53 heavy (non-hydrogen) atoms. The van der Waals surface area contributed by atoms with E-state index in [2.05, 4.69) is 44.2 Å². The predicted molar refractivity (Wildman–Crippen MR) is 199 cm³/mol. The fourth-order valence-corrected chi connectivity index (χ4v) is 5.43. The van der Waals surface area contributed by atoms with Crippen molar-refractivity contribution in [2.24, 2.45) is 0 Å². The maximum Gasteiger partial charge on any atom is 0.153 e. The van der Waals surface area contributed by atoms with Crippen LogP contribution < -0.4 is 0 Å². The SMILES string of the molecule is [Ir].[Ir].[c-]1ccccc1-c1ccnc2c1ncn2-c1[c-]cccc1.[c-]1ccccc1-c1nc2ccccc2o1.[c-]1ccccc1-c1nc2ccccc2o1. The van der Waals surface area contributed by atoms with Crippen molar-refractivity contribution in [2.45, 2.75) is 0 Å². The van der Waals surface area contributed by atoms with Gasteiger partial charge in [0.2, 0.25) is 0 Å². The number of pyridine rings is 1. The molecule has 10 rings (SSSR count). The largest absolute Gasteiger partial charge is 0.481 e. The van der Waals surface area contributed by atoms with Crippen molar-refractivity contribution < 1.29 is 49.0 Å². The van der Waals surface area contributed by atoms with Gasteiger partial charge in [-0.3, -0.25) is 9.97 Å². The fourth-order valence-electron chi connectivity index (χ4n) is 5.43. The Morgan fingerprint density at radius 3 is 1.45 bits per heavy atom. The zero-order valence-corrected chi connectivity index (χ0v) is 32.6. The minimum atomic E-state index is 0. The van der Waals surface area contributed by atoms with Gasteiger partial charge >= 0.3 is 0 Å². The molecule has 4 aromatic heterocycles. The fraction of sp³-hybridized carbons (Fsp3) is 0. The third-order valence-corrected chi connectivity index (χ3v) is 7.85. The van der Waals surface area contributed by atoms with Crippen LogP contribution in [0.15, 0.2) is 173 Å². The van der Waals surface area contributed by atoms with Crippen LogP contribution in [0.5, 0.6) is 0 Å². The number of para-hydroxylation sites is 5. The second-order valence-electron chi connectivity index (χ2n) is 11.2. The molecule has 0 unspecified atom stereocenters. The van der Waals surface area contributed by atoms with Gasteiger partial charge in [0.1, 0.15) is 22.9 Å². The third-order valence-electron chi connectivity index (χ3n) is 7.85. The summed E-state index contributed by atoms with van der Waals surface area (Å²) < 4.78 is 13.2. The molecule has 10 aromatic rings. The summed E-state index contributed by atoms with van der Waals surface area (Å²) in [5.41, 5.74) is 9.83. The summed E-state index contributed by atoms with van der Waals surface area (Å²) in [6, 6.07) is 61.1. The Morgan fingerprint density at radius 1 is 0.472 bits per heavy atom. The van der Waals surface area contributed by atoms with E-state index in [1.54, 1.807) is 12.5 Å². The van der Waals surface area contributed by atoms with Gasteiger partial charge in [-0.05, 0) is 24.3 Å². The molecule has 7 nitrogen and oxygen atoms in total. The van der Waals surface area contributed by atoms with Gasteiger partial charge in [-0.25, -0.2) is 9.97 Å². The summed E-state index contributed by atoms with van der Waals surface area (Å²) in [6.07, 6.45) is 3.59. The maximum atomic E-state index is 5.61. The monoisotopic (exact) mass is 1040 g/mol. The number of imidazole rings is 1. The number of nitrogens with zero attached hydrogens (tertiary/aromatic N) is 5. The van der Waals surface area contributed by atoms with Crippen molar-refractivity contribution in [3.63, 3.8) is 0 Å². The number of hydrogen-bond acceptors (Lipinski definition) is 6. The van der Waals surface area contributed by atoms with Crippen molar-refractivity contribution in [1.82, 2.24) is 24.5 Å². The molecule has 6 aromatic carbocycles. The topological polar surface area (TPSA) is 82.8 Å². The molecular formula is C44H27Ir2N5O2-4. The third kappa shape index (κ3) is 8.47. The van der Waals surface area contributed by atoms with Gasteiger partial charge in [0.15, 0.2) is 5.65 Å². The first kappa shape index (κ1) is 37.0. The molecule has 0 bridgehead atoms. The summed E-state index contributed by atoms with van der Waals surface area (Å²) in [5, 5.41) is 0. The molecule has 2 radical (unpaired) electrons. The van der Waals surface area contributed by atoms with Gasteiger partial charge in [-0.1, -0.05) is 52.7 Å². The number of hydrogen-bond donors (Lipinski definition) is 0. The van der Waals surface area contributed by atoms with E-state index in [1.165, 1.54) is 0 Å². The van der Waals surface area contributed by atoms with Crippen molar-refractivity contribution in [3.8, 4) is 39.7 Å². The van der Waals surface area contributed by atoms with Crippen LogP contribution in [0.2, 0.25) is 0 Å². The number of fused-ring (bicyclic) bond motifs is 3. The molecule has 0 spiro atoms. The summed E-state index contributed by atoms with van der Waals surface area (Å²) in [7, 11) is 0. The molecule has 0 amide bonds. The van der Waals surface area contributed by atoms with E-state index in [9.17, 15) is 0 Å². The molecule has 0 N–H and O–H groups in total. The molecule has 9 heteroatoms. The summed E-state index contributed by atoms with van der Waals surface area (Å²) in [5.74, 6) is 1.24. The van der Waals surface area contributed by atoms with Crippen LogP contribution in [0.4, 0.5) is 0 Å². The average molecular weight is 1040 g/mol. The van der Waals surface area contributed by atoms with Crippen LogP contribution in [0.1, 0.15) is 0 Å². The van der Waals surface area contributed by atoms with Crippen LogP contribution in [0.3, 0.4) is 0 Å². The Balaban J connectivity index is 0.000000136. The van der Waals surface area contributed by atoms with E-state index in [0.29, 0.717) is 11.8 Å². The summed E-state index contributed by atoms with van der Waals surface area (Å²) >= 11 is 0. The first-order chi connectivity index (χ1) is 25.3. The molecule has 0 aliphatic carbocycles. The summed E-state index contributed by atoms with van der Waals surface area (Å²) in [6.45, 7) is 0. The average Bonchev–Trinajstić information content (AvgIpc) is 3.97. The Kier molecular flexibility index (Phi) is 12.3. The molecule has 262 valence electrons. The maximum absolute atomic E-state index is 5.61. The number of aromatic nitrogens is 5. The second kappa shape index (κ2) is 17.6. The van der Waals surface area contributed by atoms with Gasteiger partial charge in [-0.15, -0.1) is 103 Å². The molecule has 0 aliphatic rings. The predicted octanol–water partition coefficient (Wildman–Crippen LogP) is 10.3. The Hall–Kier alpha value is -5.82. The zero-order valence-electron chi connectivity index (χ0n) is 27.8. The number of oxazole rings is 2. The van der Waals surface area contributed by atoms with E-state index in [0.717, 1.165) is 61.3 Å². The quantitative estimate of drug-likeness (QED) is 0.163. The molecule has 0 saturated heterocycles. The Morgan fingerprint density at radius 2 is 0.962 bits per heavy atom. The normalized spacial score (nSPS) is 10.3. The first-order valence-corrected chi connectivity index (χ1v) is 16.2. The van der Waals surface area contributed by atoms with E-state index in [-0.39, 0.29) is 40.2 Å². The van der Waals surface area contributed by atoms with Gasteiger partial charge in [0.25, 0.3) is 0 Å². The minimum Gasteiger partial charge on any atom is -0.481 e. The molecule has 0 fully saturated rings. The molecule has 0 atom stereocenters. The Bertz CT molecular complexity index is 2470. The van der Waals surface area contributed by atoms with Crippen molar-refractivity contribution in [3.05, 3.63) is 188 Å². The van der Waals surface area contributed by atoms with E-state index >= 15 is 0 Å². The molecule has 4 heterocycles. The zero-order chi connectivity index (χ0) is 34.2. The van der Waals surface area contributed by atoms with Crippen molar-refractivity contribution >= 4 is 33.4 Å². The smallest absolute Gasteiger partial charge is 0.153 e. The van der Waals surface area contributed by atoms with E-state index < -0.39 is 0 Å². The molecular weight excluding hydrogens is 1010 g/mol. The first-order valence-electron chi connectivity index (χ1n) is 16.2. The van der Waals surface area contributed by atoms with Crippen molar-refractivity contribution in [1.29, 1.82) is 0 Å². The second-order valence-corrected chi connectivity index (χ2v) is 11.2. The minimum absolute atomic E-state index is 0. The van der Waals surface area contributed by atoms with Crippen LogP contribution in [-0.4, -0.2) is 24.5 Å².